The third-order valence-electron chi connectivity index (χ3n) is 1.99. The number of methoxy groups -OCH3 is 1. The Morgan fingerprint density at radius 1 is 1.43 bits per heavy atom. The lowest BCUT2D eigenvalue weighted by Crippen LogP contribution is -2.05. The zero-order chi connectivity index (χ0) is 10.6. The van der Waals surface area contributed by atoms with Crippen molar-refractivity contribution in [3.8, 4) is 0 Å². The summed E-state index contributed by atoms with van der Waals surface area (Å²) < 4.78 is 10.4. The van der Waals surface area contributed by atoms with E-state index in [1.54, 1.807) is 14.0 Å². The number of alkyl halides is 1. The van der Waals surface area contributed by atoms with Crippen molar-refractivity contribution < 1.29 is 9.15 Å². The molecule has 0 aliphatic carbocycles. The van der Waals surface area contributed by atoms with Gasteiger partial charge in [-0.2, -0.15) is 0 Å². The number of ether oxygens (including phenoxy) is 1. The van der Waals surface area contributed by atoms with Crippen LogP contribution >= 0.6 is 11.6 Å². The van der Waals surface area contributed by atoms with Crippen LogP contribution in [0.2, 0.25) is 0 Å². The van der Waals surface area contributed by atoms with Gasteiger partial charge in [0, 0.05) is 13.5 Å². The maximum absolute atomic E-state index is 5.79. The van der Waals surface area contributed by atoms with E-state index in [4.69, 9.17) is 20.8 Å². The van der Waals surface area contributed by atoms with Crippen LogP contribution in [0.4, 0.5) is 0 Å². The summed E-state index contributed by atoms with van der Waals surface area (Å²) in [5, 5.41) is 7.49. The molecule has 1 aromatic rings. The second-order valence-corrected chi connectivity index (χ2v) is 3.89. The van der Waals surface area contributed by atoms with Gasteiger partial charge in [0.25, 0.3) is 0 Å². The van der Waals surface area contributed by atoms with Crippen LogP contribution in [0.5, 0.6) is 0 Å². The molecule has 0 fully saturated rings. The van der Waals surface area contributed by atoms with Crippen molar-refractivity contribution >= 4 is 11.6 Å². The number of aromatic nitrogens is 2. The molecule has 0 aliphatic rings. The van der Waals surface area contributed by atoms with E-state index >= 15 is 0 Å². The quantitative estimate of drug-likeness (QED) is 0.712. The van der Waals surface area contributed by atoms with E-state index in [0.29, 0.717) is 11.8 Å². The molecule has 0 aromatic carbocycles. The number of aryl methyl sites for hydroxylation is 1. The molecule has 2 atom stereocenters. The number of hydrogen-bond donors (Lipinski definition) is 0. The van der Waals surface area contributed by atoms with Crippen molar-refractivity contribution in [2.45, 2.75) is 38.2 Å². The molecule has 5 heteroatoms. The van der Waals surface area contributed by atoms with Gasteiger partial charge in [-0.15, -0.1) is 21.8 Å². The van der Waals surface area contributed by atoms with E-state index in [9.17, 15) is 0 Å². The highest BCUT2D eigenvalue weighted by Gasteiger charge is 2.11. The average molecular weight is 219 g/mol. The lowest BCUT2D eigenvalue weighted by Gasteiger charge is -2.05. The van der Waals surface area contributed by atoms with Crippen molar-refractivity contribution in [2.75, 3.05) is 7.11 Å². The van der Waals surface area contributed by atoms with E-state index in [0.717, 1.165) is 12.8 Å². The average Bonchev–Trinajstić information content (AvgIpc) is 2.62. The summed E-state index contributed by atoms with van der Waals surface area (Å²) in [4.78, 5) is 0. The van der Waals surface area contributed by atoms with E-state index in [1.165, 1.54) is 0 Å². The van der Waals surface area contributed by atoms with Crippen molar-refractivity contribution in [1.29, 1.82) is 0 Å². The Hall–Kier alpha value is -0.610. The second kappa shape index (κ2) is 5.32. The Kier molecular flexibility index (Phi) is 4.35. The molecule has 0 bridgehead atoms. The van der Waals surface area contributed by atoms with Crippen LogP contribution in [0.25, 0.3) is 0 Å². The summed E-state index contributed by atoms with van der Waals surface area (Å²) >= 11 is 5.79. The molecule has 0 radical (unpaired) electrons. The van der Waals surface area contributed by atoms with E-state index in [2.05, 4.69) is 10.2 Å². The van der Waals surface area contributed by atoms with Gasteiger partial charge in [0.05, 0.1) is 6.10 Å². The molecular weight excluding hydrogens is 204 g/mol. The zero-order valence-electron chi connectivity index (χ0n) is 8.66. The van der Waals surface area contributed by atoms with Gasteiger partial charge in [-0.3, -0.25) is 0 Å². The maximum atomic E-state index is 5.79. The molecule has 1 aromatic heterocycles. The van der Waals surface area contributed by atoms with Crippen LogP contribution in [-0.2, 0) is 11.2 Å². The highest BCUT2D eigenvalue weighted by atomic mass is 35.5. The predicted molar refractivity (Wildman–Crippen MR) is 53.4 cm³/mol. The van der Waals surface area contributed by atoms with Gasteiger partial charge >= 0.3 is 0 Å². The highest BCUT2D eigenvalue weighted by molar-refractivity contribution is 6.20. The lowest BCUT2D eigenvalue weighted by molar-refractivity contribution is 0.109. The van der Waals surface area contributed by atoms with E-state index in [1.807, 2.05) is 6.92 Å². The fraction of sp³-hybridized carbons (Fsp3) is 0.778. The normalized spacial score (nSPS) is 15.4. The molecule has 0 saturated carbocycles. The molecular formula is C9H15ClN2O2. The van der Waals surface area contributed by atoms with Crippen LogP contribution < -0.4 is 0 Å². The van der Waals surface area contributed by atoms with Crippen LogP contribution in [0, 0.1) is 0 Å². The van der Waals surface area contributed by atoms with Gasteiger partial charge < -0.3 is 9.15 Å². The molecule has 4 nitrogen and oxygen atoms in total. The molecule has 1 rings (SSSR count). The highest BCUT2D eigenvalue weighted by Crippen LogP contribution is 2.17. The Bertz CT molecular complexity index is 276. The smallest absolute Gasteiger partial charge is 0.234 e. The van der Waals surface area contributed by atoms with E-state index < -0.39 is 0 Å². The minimum Gasteiger partial charge on any atom is -0.424 e. The minimum absolute atomic E-state index is 0.207. The topological polar surface area (TPSA) is 48.2 Å². The van der Waals surface area contributed by atoms with Crippen LogP contribution in [0.1, 0.15) is 37.4 Å². The van der Waals surface area contributed by atoms with Crippen molar-refractivity contribution in [2.24, 2.45) is 0 Å². The van der Waals surface area contributed by atoms with Gasteiger partial charge in [-0.25, -0.2) is 0 Å². The minimum atomic E-state index is -0.226. The third-order valence-corrected chi connectivity index (χ3v) is 2.18. The van der Waals surface area contributed by atoms with Crippen LogP contribution in [-0.4, -0.2) is 23.4 Å². The van der Waals surface area contributed by atoms with Crippen LogP contribution in [0.3, 0.4) is 0 Å². The van der Waals surface area contributed by atoms with Gasteiger partial charge in [0.2, 0.25) is 11.8 Å². The van der Waals surface area contributed by atoms with Gasteiger partial charge in [0.15, 0.2) is 0 Å². The Balaban J connectivity index is 2.44. The summed E-state index contributed by atoms with van der Waals surface area (Å²) in [6.07, 6.45) is 1.80. The molecule has 2 unspecified atom stereocenters. The Morgan fingerprint density at radius 3 is 2.64 bits per heavy atom. The standard InChI is InChI=1S/C9H15ClN2O2/c1-6(13-3)4-5-8-11-12-9(14-8)7(2)10/h6-7H,4-5H2,1-3H3. The molecule has 14 heavy (non-hydrogen) atoms. The molecule has 0 N–H and O–H groups in total. The van der Waals surface area contributed by atoms with E-state index in [-0.39, 0.29) is 11.5 Å². The van der Waals surface area contributed by atoms with Crippen molar-refractivity contribution in [3.05, 3.63) is 11.8 Å². The summed E-state index contributed by atoms with van der Waals surface area (Å²) in [6, 6.07) is 0. The van der Waals surface area contributed by atoms with Crippen LogP contribution in [0.15, 0.2) is 4.42 Å². The number of halogens is 1. The van der Waals surface area contributed by atoms with Crippen molar-refractivity contribution in [1.82, 2.24) is 10.2 Å². The first-order valence-corrected chi connectivity index (χ1v) is 5.06. The summed E-state index contributed by atoms with van der Waals surface area (Å²) in [7, 11) is 1.69. The number of hydrogen-bond acceptors (Lipinski definition) is 4. The fourth-order valence-corrected chi connectivity index (χ4v) is 1.06. The molecule has 1 heterocycles. The van der Waals surface area contributed by atoms with Gasteiger partial charge in [-0.05, 0) is 20.3 Å². The summed E-state index contributed by atoms with van der Waals surface area (Å²) in [5.74, 6) is 1.10. The Morgan fingerprint density at radius 2 is 2.14 bits per heavy atom. The number of rotatable bonds is 5. The first-order valence-electron chi connectivity index (χ1n) is 4.62. The molecule has 80 valence electrons. The second-order valence-electron chi connectivity index (χ2n) is 3.24. The number of nitrogens with zero attached hydrogens (tertiary/aromatic N) is 2. The zero-order valence-corrected chi connectivity index (χ0v) is 9.41. The summed E-state index contributed by atoms with van der Waals surface area (Å²) in [6.45, 7) is 3.80. The van der Waals surface area contributed by atoms with Gasteiger partial charge in [-0.1, -0.05) is 0 Å². The first kappa shape index (κ1) is 11.5. The lowest BCUT2D eigenvalue weighted by atomic mass is 10.2. The fourth-order valence-electron chi connectivity index (χ4n) is 0.973. The maximum Gasteiger partial charge on any atom is 0.234 e. The largest absolute Gasteiger partial charge is 0.424 e. The van der Waals surface area contributed by atoms with Gasteiger partial charge in [0.1, 0.15) is 5.38 Å². The predicted octanol–water partition coefficient (Wildman–Crippen LogP) is 2.34. The summed E-state index contributed by atoms with van der Waals surface area (Å²) in [5.41, 5.74) is 0. The molecule has 0 aliphatic heterocycles. The first-order chi connectivity index (χ1) is 6.63. The SMILES string of the molecule is COC(C)CCc1nnc(C(C)Cl)o1. The molecule has 0 saturated heterocycles. The monoisotopic (exact) mass is 218 g/mol. The Labute approximate surface area is 88.6 Å². The van der Waals surface area contributed by atoms with Crippen molar-refractivity contribution in [3.63, 3.8) is 0 Å². The molecule has 0 amide bonds. The third kappa shape index (κ3) is 3.27. The molecule has 0 spiro atoms.